The second kappa shape index (κ2) is 3.46. The normalized spacial score (nSPS) is 18.2. The fourth-order valence-corrected chi connectivity index (χ4v) is 0.958. The Balaban J connectivity index is 2.30. The fraction of sp³-hybridized carbons (Fsp3) is 0.714. The van der Waals surface area contributed by atoms with Crippen LogP contribution in [0.15, 0.2) is 12.4 Å². The van der Waals surface area contributed by atoms with Gasteiger partial charge in [0.1, 0.15) is 0 Å². The fourth-order valence-electron chi connectivity index (χ4n) is 0.958. The highest BCUT2D eigenvalue weighted by molar-refractivity contribution is 4.87. The van der Waals surface area contributed by atoms with Gasteiger partial charge < -0.3 is 14.9 Å². The Morgan fingerprint density at radius 1 is 1.40 bits per heavy atom. The van der Waals surface area contributed by atoms with E-state index in [0.717, 1.165) is 19.6 Å². The van der Waals surface area contributed by atoms with Gasteiger partial charge in [0.2, 0.25) is 0 Å². The SMILES string of the molecule is CN1C=CN(CCO)CC1. The van der Waals surface area contributed by atoms with Crippen LogP contribution in [-0.2, 0) is 0 Å². The number of hydrogen-bond acceptors (Lipinski definition) is 3. The van der Waals surface area contributed by atoms with Crippen molar-refractivity contribution in [1.82, 2.24) is 9.80 Å². The zero-order valence-corrected chi connectivity index (χ0v) is 6.32. The van der Waals surface area contributed by atoms with Gasteiger partial charge in [0, 0.05) is 39.1 Å². The second-order valence-corrected chi connectivity index (χ2v) is 2.54. The molecule has 0 aromatic heterocycles. The zero-order valence-electron chi connectivity index (χ0n) is 6.32. The molecule has 0 saturated carbocycles. The number of aliphatic hydroxyl groups is 1. The highest BCUT2D eigenvalue weighted by Gasteiger charge is 2.03. The van der Waals surface area contributed by atoms with Crippen LogP contribution in [0.1, 0.15) is 0 Å². The minimum atomic E-state index is 0.244. The van der Waals surface area contributed by atoms with Gasteiger partial charge in [-0.2, -0.15) is 0 Å². The van der Waals surface area contributed by atoms with Crippen molar-refractivity contribution in [2.45, 2.75) is 0 Å². The minimum Gasteiger partial charge on any atom is -0.395 e. The molecule has 0 amide bonds. The van der Waals surface area contributed by atoms with Crippen LogP contribution in [0.5, 0.6) is 0 Å². The Hall–Kier alpha value is -0.700. The number of hydrogen-bond donors (Lipinski definition) is 1. The third kappa shape index (κ3) is 1.92. The number of likely N-dealkylation sites (N-methyl/N-ethyl adjacent to an activating group) is 1. The van der Waals surface area contributed by atoms with Crippen LogP contribution in [0.3, 0.4) is 0 Å². The number of rotatable bonds is 2. The van der Waals surface area contributed by atoms with E-state index >= 15 is 0 Å². The Bertz CT molecular complexity index is 125. The van der Waals surface area contributed by atoms with Crippen molar-refractivity contribution in [3.05, 3.63) is 12.4 Å². The number of nitrogens with zero attached hydrogens (tertiary/aromatic N) is 2. The van der Waals surface area contributed by atoms with E-state index in [1.165, 1.54) is 0 Å². The molecule has 0 unspecified atom stereocenters. The van der Waals surface area contributed by atoms with Crippen LogP contribution in [0.4, 0.5) is 0 Å². The van der Waals surface area contributed by atoms with Gasteiger partial charge in [-0.05, 0) is 0 Å². The molecule has 10 heavy (non-hydrogen) atoms. The molecule has 0 fully saturated rings. The van der Waals surface area contributed by atoms with E-state index in [2.05, 4.69) is 9.80 Å². The van der Waals surface area contributed by atoms with Crippen molar-refractivity contribution in [1.29, 1.82) is 0 Å². The largest absolute Gasteiger partial charge is 0.395 e. The molecule has 1 rings (SSSR count). The quantitative estimate of drug-likeness (QED) is 0.573. The number of β-amino-alcohol motifs (C(OH)–C–C–N with tert-alkyl or cyclic N) is 1. The van der Waals surface area contributed by atoms with E-state index in [1.807, 2.05) is 19.4 Å². The highest BCUT2D eigenvalue weighted by atomic mass is 16.3. The predicted molar refractivity (Wildman–Crippen MR) is 40.4 cm³/mol. The smallest absolute Gasteiger partial charge is 0.0606 e. The molecule has 0 aliphatic carbocycles. The van der Waals surface area contributed by atoms with Gasteiger partial charge in [-0.25, -0.2) is 0 Å². The summed E-state index contributed by atoms with van der Waals surface area (Å²) in [5.41, 5.74) is 0. The lowest BCUT2D eigenvalue weighted by molar-refractivity contribution is 0.215. The van der Waals surface area contributed by atoms with E-state index in [-0.39, 0.29) is 6.61 Å². The molecule has 0 saturated heterocycles. The molecule has 58 valence electrons. The van der Waals surface area contributed by atoms with Gasteiger partial charge in [-0.1, -0.05) is 0 Å². The molecule has 1 aliphatic rings. The molecule has 0 spiro atoms. The Labute approximate surface area is 61.5 Å². The molecule has 0 atom stereocenters. The van der Waals surface area contributed by atoms with Crippen molar-refractivity contribution in [2.75, 3.05) is 33.3 Å². The van der Waals surface area contributed by atoms with Gasteiger partial charge in [0.15, 0.2) is 0 Å². The first kappa shape index (κ1) is 7.41. The second-order valence-electron chi connectivity index (χ2n) is 2.54. The Morgan fingerprint density at radius 2 is 2.20 bits per heavy atom. The maximum Gasteiger partial charge on any atom is 0.0606 e. The van der Waals surface area contributed by atoms with E-state index < -0.39 is 0 Å². The van der Waals surface area contributed by atoms with Crippen LogP contribution in [0, 0.1) is 0 Å². The van der Waals surface area contributed by atoms with Crippen molar-refractivity contribution >= 4 is 0 Å². The molecule has 1 N–H and O–H groups in total. The average Bonchev–Trinajstić information content (AvgIpc) is 1.95. The summed E-state index contributed by atoms with van der Waals surface area (Å²) in [6.45, 7) is 3.07. The maximum atomic E-state index is 8.60. The third-order valence-electron chi connectivity index (χ3n) is 1.66. The maximum absolute atomic E-state index is 8.60. The summed E-state index contributed by atoms with van der Waals surface area (Å²) in [6, 6.07) is 0. The molecule has 3 nitrogen and oxygen atoms in total. The van der Waals surface area contributed by atoms with Crippen molar-refractivity contribution in [2.24, 2.45) is 0 Å². The van der Waals surface area contributed by atoms with E-state index in [1.54, 1.807) is 0 Å². The molecule has 0 aromatic carbocycles. The van der Waals surface area contributed by atoms with Gasteiger partial charge in [0.05, 0.1) is 6.61 Å². The van der Waals surface area contributed by atoms with Crippen LogP contribution in [0.25, 0.3) is 0 Å². The van der Waals surface area contributed by atoms with Crippen LogP contribution in [-0.4, -0.2) is 48.2 Å². The standard InChI is InChI=1S/C7H14N2O/c1-8-2-4-9(5-3-8)6-7-10/h2,4,10H,3,5-7H2,1H3. The van der Waals surface area contributed by atoms with E-state index in [9.17, 15) is 0 Å². The lowest BCUT2D eigenvalue weighted by Crippen LogP contribution is -2.33. The molecule has 0 radical (unpaired) electrons. The average molecular weight is 142 g/mol. The first-order chi connectivity index (χ1) is 4.83. The Morgan fingerprint density at radius 3 is 2.70 bits per heavy atom. The third-order valence-corrected chi connectivity index (χ3v) is 1.66. The molecule has 3 heteroatoms. The van der Waals surface area contributed by atoms with Crippen molar-refractivity contribution in [3.63, 3.8) is 0 Å². The minimum absolute atomic E-state index is 0.244. The van der Waals surface area contributed by atoms with Crippen LogP contribution >= 0.6 is 0 Å². The predicted octanol–water partition coefficient (Wildman–Crippen LogP) is -0.303. The number of aliphatic hydroxyl groups excluding tert-OH is 1. The van der Waals surface area contributed by atoms with Gasteiger partial charge in [-0.15, -0.1) is 0 Å². The van der Waals surface area contributed by atoms with Crippen LogP contribution < -0.4 is 0 Å². The summed E-state index contributed by atoms with van der Waals surface area (Å²) in [6.07, 6.45) is 4.04. The summed E-state index contributed by atoms with van der Waals surface area (Å²) in [4.78, 5) is 4.24. The molecule has 1 aliphatic heterocycles. The molecule has 0 bridgehead atoms. The first-order valence-corrected chi connectivity index (χ1v) is 3.56. The van der Waals surface area contributed by atoms with Gasteiger partial charge in [-0.3, -0.25) is 0 Å². The Kier molecular flexibility index (Phi) is 2.57. The lowest BCUT2D eigenvalue weighted by atomic mass is 10.4. The molecular weight excluding hydrogens is 128 g/mol. The highest BCUT2D eigenvalue weighted by Crippen LogP contribution is 1.98. The summed E-state index contributed by atoms with van der Waals surface area (Å²) in [5, 5.41) is 8.60. The molecule has 0 aromatic rings. The van der Waals surface area contributed by atoms with Crippen molar-refractivity contribution < 1.29 is 5.11 Å². The first-order valence-electron chi connectivity index (χ1n) is 3.56. The topological polar surface area (TPSA) is 26.7 Å². The molecular formula is C7H14N2O. The van der Waals surface area contributed by atoms with Crippen LogP contribution in [0.2, 0.25) is 0 Å². The van der Waals surface area contributed by atoms with E-state index in [4.69, 9.17) is 5.11 Å². The zero-order chi connectivity index (χ0) is 7.40. The molecule has 1 heterocycles. The van der Waals surface area contributed by atoms with Gasteiger partial charge in [0.25, 0.3) is 0 Å². The summed E-state index contributed by atoms with van der Waals surface area (Å²) in [5.74, 6) is 0. The van der Waals surface area contributed by atoms with E-state index in [0.29, 0.717) is 0 Å². The van der Waals surface area contributed by atoms with Gasteiger partial charge >= 0.3 is 0 Å². The summed E-state index contributed by atoms with van der Waals surface area (Å²) < 4.78 is 0. The summed E-state index contributed by atoms with van der Waals surface area (Å²) in [7, 11) is 2.05. The lowest BCUT2D eigenvalue weighted by Gasteiger charge is -2.28. The monoisotopic (exact) mass is 142 g/mol. The van der Waals surface area contributed by atoms with Crippen molar-refractivity contribution in [3.8, 4) is 0 Å². The summed E-state index contributed by atoms with van der Waals surface area (Å²) >= 11 is 0.